The molecule has 0 radical (unpaired) electrons. The van der Waals surface area contributed by atoms with Crippen molar-refractivity contribution in [1.82, 2.24) is 14.8 Å². The summed E-state index contributed by atoms with van der Waals surface area (Å²) in [6, 6.07) is 13.1. The summed E-state index contributed by atoms with van der Waals surface area (Å²) in [5.74, 6) is 6.16. The van der Waals surface area contributed by atoms with E-state index in [0.717, 1.165) is 63.1 Å². The lowest BCUT2D eigenvalue weighted by molar-refractivity contribution is -0.143. The molecule has 1 amide bonds. The van der Waals surface area contributed by atoms with Crippen molar-refractivity contribution in [3.63, 3.8) is 0 Å². The Morgan fingerprint density at radius 2 is 1.83 bits per heavy atom. The van der Waals surface area contributed by atoms with Crippen molar-refractivity contribution in [3.05, 3.63) is 53.7 Å². The SMILES string of the molecule is CNC(=O)c1ccc(NCC#Cc2cc3c(N[C@H]4CC[C@@H](N5CCC6(CC5)COC6)CC4)cccc3n2CC(F)(F)F)c(OC)c1. The van der Waals surface area contributed by atoms with Crippen LogP contribution in [0.3, 0.4) is 0 Å². The van der Waals surface area contributed by atoms with E-state index in [1.807, 2.05) is 12.1 Å². The molecule has 2 aromatic carbocycles. The van der Waals surface area contributed by atoms with Crippen LogP contribution in [0.2, 0.25) is 0 Å². The summed E-state index contributed by atoms with van der Waals surface area (Å²) in [6.07, 6.45) is 2.35. The average molecular weight is 638 g/mol. The molecular formula is C35H42F3N5O3. The van der Waals surface area contributed by atoms with Crippen molar-refractivity contribution >= 4 is 28.2 Å². The number of alkyl halides is 3. The second-order valence-electron chi connectivity index (χ2n) is 12.8. The fourth-order valence-electron chi connectivity index (χ4n) is 7.11. The van der Waals surface area contributed by atoms with E-state index >= 15 is 0 Å². The second kappa shape index (κ2) is 13.5. The van der Waals surface area contributed by atoms with Crippen LogP contribution in [0.5, 0.6) is 5.75 Å². The number of halogens is 3. The van der Waals surface area contributed by atoms with Crippen LogP contribution >= 0.6 is 0 Å². The van der Waals surface area contributed by atoms with Crippen molar-refractivity contribution in [2.45, 2.75) is 63.3 Å². The first-order valence-corrected chi connectivity index (χ1v) is 16.1. The second-order valence-corrected chi connectivity index (χ2v) is 12.8. The average Bonchev–Trinajstić information content (AvgIpc) is 3.38. The van der Waals surface area contributed by atoms with Crippen LogP contribution in [0.4, 0.5) is 24.5 Å². The zero-order chi connectivity index (χ0) is 32.3. The molecule has 0 unspecified atom stereocenters. The Bertz CT molecular complexity index is 1600. The van der Waals surface area contributed by atoms with E-state index in [1.54, 1.807) is 37.4 Å². The van der Waals surface area contributed by atoms with Crippen molar-refractivity contribution in [1.29, 1.82) is 0 Å². The first kappa shape index (κ1) is 32.1. The standard InChI is InChI=1S/C35H42F3N5O3/c1-39-33(44)24-8-13-30(32(19-24)45-2)40-16-4-5-27-20-28-29(6-3-7-31(28)43(27)21-35(36,37)38)41-25-9-11-26(12-10-25)42-17-14-34(15-18-42)22-46-23-34/h3,6-8,13,19-20,25-26,40-41H,9-12,14-18,21-23H2,1-2H3,(H,39,44)/t25-,26+. The van der Waals surface area contributed by atoms with Gasteiger partial charge in [0.05, 0.1) is 43.8 Å². The van der Waals surface area contributed by atoms with Crippen molar-refractivity contribution in [2.75, 3.05) is 57.6 Å². The molecule has 8 nitrogen and oxygen atoms in total. The third-order valence-electron chi connectivity index (χ3n) is 9.81. The zero-order valence-electron chi connectivity index (χ0n) is 26.4. The molecule has 3 fully saturated rings. The molecule has 6 rings (SSSR count). The van der Waals surface area contributed by atoms with Crippen LogP contribution in [0.1, 0.15) is 54.6 Å². The van der Waals surface area contributed by atoms with Gasteiger partial charge < -0.3 is 34.9 Å². The maximum Gasteiger partial charge on any atom is 0.406 e. The van der Waals surface area contributed by atoms with Gasteiger partial charge in [-0.05, 0) is 93.9 Å². The molecule has 2 saturated heterocycles. The van der Waals surface area contributed by atoms with Crippen LogP contribution in [0.25, 0.3) is 10.9 Å². The molecule has 0 bridgehead atoms. The number of carbonyl (C=O) groups is 1. The number of hydrogen-bond donors (Lipinski definition) is 3. The number of piperidine rings is 1. The smallest absolute Gasteiger partial charge is 0.406 e. The number of amides is 1. The van der Waals surface area contributed by atoms with Gasteiger partial charge in [0.1, 0.15) is 12.3 Å². The molecule has 1 aromatic heterocycles. The Kier molecular flexibility index (Phi) is 9.39. The number of rotatable bonds is 8. The number of methoxy groups -OCH3 is 1. The maximum absolute atomic E-state index is 13.7. The van der Waals surface area contributed by atoms with E-state index in [2.05, 4.69) is 32.7 Å². The summed E-state index contributed by atoms with van der Waals surface area (Å²) in [5.41, 5.74) is 3.15. The van der Waals surface area contributed by atoms with E-state index in [-0.39, 0.29) is 18.5 Å². The van der Waals surface area contributed by atoms with E-state index in [1.165, 1.54) is 24.5 Å². The number of fused-ring (bicyclic) bond motifs is 1. The van der Waals surface area contributed by atoms with E-state index in [4.69, 9.17) is 9.47 Å². The Hall–Kier alpha value is -3.88. The number of aromatic nitrogens is 1. The van der Waals surface area contributed by atoms with Crippen LogP contribution in [-0.4, -0.2) is 80.6 Å². The summed E-state index contributed by atoms with van der Waals surface area (Å²) in [4.78, 5) is 14.6. The Morgan fingerprint density at radius 3 is 2.48 bits per heavy atom. The summed E-state index contributed by atoms with van der Waals surface area (Å²) in [7, 11) is 3.05. The van der Waals surface area contributed by atoms with Gasteiger partial charge in [-0.15, -0.1) is 0 Å². The monoisotopic (exact) mass is 637 g/mol. The van der Waals surface area contributed by atoms with Gasteiger partial charge in [-0.25, -0.2) is 0 Å². The van der Waals surface area contributed by atoms with Crippen LogP contribution in [0.15, 0.2) is 42.5 Å². The summed E-state index contributed by atoms with van der Waals surface area (Å²) < 4.78 is 53.3. The van der Waals surface area contributed by atoms with Crippen molar-refractivity contribution < 1.29 is 27.4 Å². The highest BCUT2D eigenvalue weighted by atomic mass is 19.4. The van der Waals surface area contributed by atoms with Gasteiger partial charge in [0.15, 0.2) is 0 Å². The predicted octanol–water partition coefficient (Wildman–Crippen LogP) is 5.87. The van der Waals surface area contributed by atoms with Gasteiger partial charge in [0.25, 0.3) is 5.91 Å². The Labute approximate surface area is 268 Å². The summed E-state index contributed by atoms with van der Waals surface area (Å²) in [5, 5.41) is 10.1. The van der Waals surface area contributed by atoms with E-state index in [9.17, 15) is 18.0 Å². The number of hydrogen-bond acceptors (Lipinski definition) is 6. The summed E-state index contributed by atoms with van der Waals surface area (Å²) in [6.45, 7) is 3.18. The zero-order valence-corrected chi connectivity index (χ0v) is 26.4. The Balaban J connectivity index is 1.13. The summed E-state index contributed by atoms with van der Waals surface area (Å²) >= 11 is 0. The molecule has 11 heteroatoms. The highest BCUT2D eigenvalue weighted by Gasteiger charge is 2.42. The van der Waals surface area contributed by atoms with Crippen molar-refractivity contribution in [3.8, 4) is 17.6 Å². The molecule has 3 aromatic rings. The number of carbonyl (C=O) groups excluding carboxylic acids is 1. The number of nitrogens with one attached hydrogen (secondary N) is 3. The molecule has 1 aliphatic carbocycles. The lowest BCUT2D eigenvalue weighted by Crippen LogP contribution is -2.53. The first-order valence-electron chi connectivity index (χ1n) is 16.1. The quantitative estimate of drug-likeness (QED) is 0.268. The van der Waals surface area contributed by atoms with Gasteiger partial charge >= 0.3 is 6.18 Å². The van der Waals surface area contributed by atoms with Crippen LogP contribution in [-0.2, 0) is 11.3 Å². The number of benzene rings is 2. The molecule has 1 spiro atoms. The number of anilines is 2. The molecule has 246 valence electrons. The van der Waals surface area contributed by atoms with E-state index < -0.39 is 12.7 Å². The van der Waals surface area contributed by atoms with Crippen molar-refractivity contribution in [2.24, 2.45) is 5.41 Å². The predicted molar refractivity (Wildman–Crippen MR) is 173 cm³/mol. The van der Waals surface area contributed by atoms with Gasteiger partial charge in [-0.2, -0.15) is 13.2 Å². The third-order valence-corrected chi connectivity index (χ3v) is 9.81. The largest absolute Gasteiger partial charge is 0.495 e. The number of likely N-dealkylation sites (tertiary alicyclic amines) is 1. The highest BCUT2D eigenvalue weighted by molar-refractivity contribution is 5.95. The van der Waals surface area contributed by atoms with Gasteiger partial charge in [0.2, 0.25) is 0 Å². The molecule has 3 aliphatic rings. The molecule has 0 atom stereocenters. The fourth-order valence-corrected chi connectivity index (χ4v) is 7.11. The minimum absolute atomic E-state index is 0.170. The van der Waals surface area contributed by atoms with Gasteiger partial charge in [-0.1, -0.05) is 12.0 Å². The maximum atomic E-state index is 13.7. The topological polar surface area (TPSA) is 79.8 Å². The molecule has 3 heterocycles. The molecular weight excluding hydrogens is 595 g/mol. The number of nitrogens with zero attached hydrogens (tertiary/aromatic N) is 2. The minimum Gasteiger partial charge on any atom is -0.495 e. The van der Waals surface area contributed by atoms with Gasteiger partial charge in [-0.3, -0.25) is 4.79 Å². The molecule has 1 saturated carbocycles. The van der Waals surface area contributed by atoms with E-state index in [0.29, 0.717) is 39.7 Å². The third kappa shape index (κ3) is 7.08. The van der Waals surface area contributed by atoms with Crippen LogP contribution in [0, 0.1) is 17.3 Å². The van der Waals surface area contributed by atoms with Gasteiger partial charge in [0, 0.05) is 41.2 Å². The molecule has 2 aliphatic heterocycles. The lowest BCUT2D eigenvalue weighted by Gasteiger charge is -2.49. The lowest BCUT2D eigenvalue weighted by atomic mass is 9.76. The first-order chi connectivity index (χ1) is 22.2. The number of ether oxygens (including phenoxy) is 2. The molecule has 46 heavy (non-hydrogen) atoms. The molecule has 3 N–H and O–H groups in total. The highest BCUT2D eigenvalue weighted by Crippen LogP contribution is 2.40. The minimum atomic E-state index is -4.40. The Morgan fingerprint density at radius 1 is 1.07 bits per heavy atom. The fraction of sp³-hybridized carbons (Fsp3) is 0.514. The van der Waals surface area contributed by atoms with Crippen LogP contribution < -0.4 is 20.7 Å². The normalized spacial score (nSPS) is 21.2.